The van der Waals surface area contributed by atoms with Crippen LogP contribution in [0.1, 0.15) is 41.6 Å². The van der Waals surface area contributed by atoms with Gasteiger partial charge in [-0.2, -0.15) is 0 Å². The molecular weight excluding hydrogens is 256 g/mol. The lowest BCUT2D eigenvalue weighted by Gasteiger charge is -2.25. The van der Waals surface area contributed by atoms with Gasteiger partial charge in [0.15, 0.2) is 0 Å². The second-order valence-electron chi connectivity index (χ2n) is 6.06. The van der Waals surface area contributed by atoms with Crippen LogP contribution in [0.4, 0.5) is 0 Å². The van der Waals surface area contributed by atoms with Crippen LogP contribution >= 0.6 is 0 Å². The first-order valence-electron chi connectivity index (χ1n) is 7.84. The van der Waals surface area contributed by atoms with E-state index in [2.05, 4.69) is 66.5 Å². The summed E-state index contributed by atoms with van der Waals surface area (Å²) in [5, 5.41) is 0. The van der Waals surface area contributed by atoms with Crippen molar-refractivity contribution in [2.24, 2.45) is 5.73 Å². The van der Waals surface area contributed by atoms with E-state index in [0.717, 1.165) is 19.4 Å². The van der Waals surface area contributed by atoms with Gasteiger partial charge in [-0.3, -0.25) is 4.90 Å². The molecule has 21 heavy (non-hydrogen) atoms. The lowest BCUT2D eigenvalue weighted by molar-refractivity contribution is 0.235. The predicted octanol–water partition coefficient (Wildman–Crippen LogP) is 3.70. The fourth-order valence-electron chi connectivity index (χ4n) is 3.40. The number of benzene rings is 2. The van der Waals surface area contributed by atoms with Gasteiger partial charge in [0.25, 0.3) is 0 Å². The van der Waals surface area contributed by atoms with Crippen molar-refractivity contribution in [1.29, 1.82) is 0 Å². The maximum absolute atomic E-state index is 6.27. The second-order valence-corrected chi connectivity index (χ2v) is 6.06. The van der Waals surface area contributed by atoms with Gasteiger partial charge in [0.05, 0.1) is 0 Å². The van der Waals surface area contributed by atoms with Crippen LogP contribution in [0.3, 0.4) is 0 Å². The van der Waals surface area contributed by atoms with Crippen molar-refractivity contribution in [1.82, 2.24) is 4.90 Å². The number of nitrogens with zero attached hydrogens (tertiary/aromatic N) is 1. The summed E-state index contributed by atoms with van der Waals surface area (Å²) in [6.45, 7) is 1.11. The fourth-order valence-corrected chi connectivity index (χ4v) is 3.40. The van der Waals surface area contributed by atoms with Crippen LogP contribution in [0.25, 0.3) is 0 Å². The van der Waals surface area contributed by atoms with Crippen molar-refractivity contribution >= 4 is 0 Å². The molecule has 2 aromatic carbocycles. The standard InChI is InChI=1S/C19H24N2/c1-21(13-7-10-15-8-3-2-4-9-15)19-14-18(20)16-11-5-6-12-17(16)19/h2-6,8-9,11-12,18-19H,7,10,13-14,20H2,1H3. The van der Waals surface area contributed by atoms with Crippen LogP contribution in [0.2, 0.25) is 0 Å². The second kappa shape index (κ2) is 6.42. The molecule has 0 amide bonds. The Morgan fingerprint density at radius 2 is 1.67 bits per heavy atom. The third kappa shape index (κ3) is 3.17. The first-order chi connectivity index (χ1) is 10.3. The predicted molar refractivity (Wildman–Crippen MR) is 88.1 cm³/mol. The molecular formula is C19H24N2. The third-order valence-corrected chi connectivity index (χ3v) is 4.58. The highest BCUT2D eigenvalue weighted by Gasteiger charge is 2.30. The van der Waals surface area contributed by atoms with E-state index in [0.29, 0.717) is 6.04 Å². The van der Waals surface area contributed by atoms with Crippen molar-refractivity contribution in [3.63, 3.8) is 0 Å². The number of rotatable bonds is 5. The highest BCUT2D eigenvalue weighted by Crippen LogP contribution is 2.40. The van der Waals surface area contributed by atoms with Gasteiger partial charge in [0, 0.05) is 12.1 Å². The summed E-state index contributed by atoms with van der Waals surface area (Å²) in [7, 11) is 2.23. The fraction of sp³-hybridized carbons (Fsp3) is 0.368. The van der Waals surface area contributed by atoms with Crippen LogP contribution in [0.15, 0.2) is 54.6 Å². The molecule has 0 radical (unpaired) electrons. The molecule has 0 bridgehead atoms. The van der Waals surface area contributed by atoms with E-state index in [-0.39, 0.29) is 6.04 Å². The number of nitrogens with two attached hydrogens (primary N) is 1. The summed E-state index contributed by atoms with van der Waals surface area (Å²) in [5.74, 6) is 0. The van der Waals surface area contributed by atoms with E-state index in [4.69, 9.17) is 5.73 Å². The minimum atomic E-state index is 0.197. The monoisotopic (exact) mass is 280 g/mol. The first kappa shape index (κ1) is 14.3. The van der Waals surface area contributed by atoms with Crippen LogP contribution in [-0.4, -0.2) is 18.5 Å². The summed E-state index contributed by atoms with van der Waals surface area (Å²) in [5.41, 5.74) is 10.4. The zero-order chi connectivity index (χ0) is 14.7. The van der Waals surface area contributed by atoms with Gasteiger partial charge in [-0.25, -0.2) is 0 Å². The lowest BCUT2D eigenvalue weighted by atomic mass is 10.1. The molecule has 1 aliphatic rings. The van der Waals surface area contributed by atoms with Crippen molar-refractivity contribution in [2.75, 3.05) is 13.6 Å². The Morgan fingerprint density at radius 1 is 1.00 bits per heavy atom. The molecule has 2 unspecified atom stereocenters. The molecule has 2 N–H and O–H groups in total. The molecule has 2 heteroatoms. The molecule has 0 saturated carbocycles. The third-order valence-electron chi connectivity index (χ3n) is 4.58. The van der Waals surface area contributed by atoms with E-state index in [1.165, 1.54) is 23.1 Å². The molecule has 1 aliphatic carbocycles. The van der Waals surface area contributed by atoms with Gasteiger partial charge in [0.1, 0.15) is 0 Å². The molecule has 0 spiro atoms. The van der Waals surface area contributed by atoms with Crippen molar-refractivity contribution in [3.05, 3.63) is 71.3 Å². The highest BCUT2D eigenvalue weighted by atomic mass is 15.1. The van der Waals surface area contributed by atoms with E-state index < -0.39 is 0 Å². The molecule has 110 valence electrons. The first-order valence-corrected chi connectivity index (χ1v) is 7.84. The summed E-state index contributed by atoms with van der Waals surface area (Å²) in [6, 6.07) is 20.0. The minimum Gasteiger partial charge on any atom is -0.324 e. The van der Waals surface area contributed by atoms with Crippen LogP contribution < -0.4 is 5.73 Å². The molecule has 2 aromatic rings. The van der Waals surface area contributed by atoms with E-state index >= 15 is 0 Å². The molecule has 3 rings (SSSR count). The zero-order valence-electron chi connectivity index (χ0n) is 12.7. The molecule has 2 nitrogen and oxygen atoms in total. The Labute approximate surface area is 127 Å². The maximum Gasteiger partial charge on any atom is 0.0366 e. The Hall–Kier alpha value is -1.64. The zero-order valence-corrected chi connectivity index (χ0v) is 12.7. The van der Waals surface area contributed by atoms with Crippen molar-refractivity contribution < 1.29 is 0 Å². The van der Waals surface area contributed by atoms with Crippen LogP contribution in [-0.2, 0) is 6.42 Å². The highest BCUT2D eigenvalue weighted by molar-refractivity contribution is 5.37. The van der Waals surface area contributed by atoms with Gasteiger partial charge in [-0.05, 0) is 49.5 Å². The normalized spacial score (nSPS) is 20.7. The van der Waals surface area contributed by atoms with E-state index in [9.17, 15) is 0 Å². The Bertz CT molecular complexity index is 579. The molecule has 0 saturated heterocycles. The van der Waals surface area contributed by atoms with Gasteiger partial charge in [0.2, 0.25) is 0 Å². The minimum absolute atomic E-state index is 0.197. The van der Waals surface area contributed by atoms with Crippen LogP contribution in [0, 0.1) is 0 Å². The van der Waals surface area contributed by atoms with Crippen molar-refractivity contribution in [2.45, 2.75) is 31.3 Å². The molecule has 2 atom stereocenters. The van der Waals surface area contributed by atoms with E-state index in [1.807, 2.05) is 0 Å². The van der Waals surface area contributed by atoms with Gasteiger partial charge in [-0.1, -0.05) is 54.6 Å². The SMILES string of the molecule is CN(CCCc1ccccc1)C1CC(N)c2ccccc21. The van der Waals surface area contributed by atoms with Gasteiger partial charge < -0.3 is 5.73 Å². The Balaban J connectivity index is 1.58. The quantitative estimate of drug-likeness (QED) is 0.905. The molecule has 0 aliphatic heterocycles. The van der Waals surface area contributed by atoms with E-state index in [1.54, 1.807) is 0 Å². The molecule has 0 heterocycles. The largest absolute Gasteiger partial charge is 0.324 e. The summed E-state index contributed by atoms with van der Waals surface area (Å²) in [4.78, 5) is 2.47. The number of aryl methyl sites for hydroxylation is 1. The Morgan fingerprint density at radius 3 is 2.43 bits per heavy atom. The van der Waals surface area contributed by atoms with Gasteiger partial charge >= 0.3 is 0 Å². The number of hydrogen-bond donors (Lipinski definition) is 1. The summed E-state index contributed by atoms with van der Waals surface area (Å²) < 4.78 is 0. The van der Waals surface area contributed by atoms with Crippen LogP contribution in [0.5, 0.6) is 0 Å². The topological polar surface area (TPSA) is 29.3 Å². The summed E-state index contributed by atoms with van der Waals surface area (Å²) >= 11 is 0. The average molecular weight is 280 g/mol. The van der Waals surface area contributed by atoms with Crippen molar-refractivity contribution in [3.8, 4) is 0 Å². The average Bonchev–Trinajstić information content (AvgIpc) is 2.86. The number of fused-ring (bicyclic) bond motifs is 1. The summed E-state index contributed by atoms with van der Waals surface area (Å²) in [6.07, 6.45) is 3.38. The maximum atomic E-state index is 6.27. The van der Waals surface area contributed by atoms with Gasteiger partial charge in [-0.15, -0.1) is 0 Å². The Kier molecular flexibility index (Phi) is 4.37. The number of hydrogen-bond acceptors (Lipinski definition) is 2. The smallest absolute Gasteiger partial charge is 0.0366 e. The molecule has 0 fully saturated rings. The molecule has 0 aromatic heterocycles. The lowest BCUT2D eigenvalue weighted by Crippen LogP contribution is -2.25.